The molecule has 0 unspecified atom stereocenters. The molecule has 4 rings (SSSR count). The highest BCUT2D eigenvalue weighted by atomic mass is 32.1. The first-order chi connectivity index (χ1) is 12.3. The van der Waals surface area contributed by atoms with Gasteiger partial charge in [0.2, 0.25) is 4.96 Å². The van der Waals surface area contributed by atoms with E-state index in [0.29, 0.717) is 12.2 Å². The van der Waals surface area contributed by atoms with E-state index in [-0.39, 0.29) is 0 Å². The quantitative estimate of drug-likeness (QED) is 0.550. The zero-order chi connectivity index (χ0) is 17.2. The first kappa shape index (κ1) is 15.6. The molecule has 0 amide bonds. The fourth-order valence-electron chi connectivity index (χ4n) is 2.66. The van der Waals surface area contributed by atoms with Crippen molar-refractivity contribution in [3.05, 3.63) is 59.1 Å². The number of hydrogen-bond acceptors (Lipinski definition) is 6. The lowest BCUT2D eigenvalue weighted by molar-refractivity contribution is 0.354. The van der Waals surface area contributed by atoms with Crippen molar-refractivity contribution in [2.24, 2.45) is 0 Å². The molecular formula is C18H16N4O2S. The maximum atomic E-state index is 5.37. The van der Waals surface area contributed by atoms with E-state index < -0.39 is 0 Å². The van der Waals surface area contributed by atoms with Crippen LogP contribution in [0.15, 0.2) is 48.5 Å². The second kappa shape index (κ2) is 6.52. The van der Waals surface area contributed by atoms with E-state index in [1.54, 1.807) is 18.7 Å². The second-order valence-electron chi connectivity index (χ2n) is 5.45. The van der Waals surface area contributed by atoms with Gasteiger partial charge in [0.1, 0.15) is 5.01 Å². The number of hydrogen-bond donors (Lipinski definition) is 0. The zero-order valence-corrected chi connectivity index (χ0v) is 14.7. The minimum absolute atomic E-state index is 0.697. The lowest BCUT2D eigenvalue weighted by Crippen LogP contribution is -1.95. The summed E-state index contributed by atoms with van der Waals surface area (Å²) in [6.07, 6.45) is 0.697. The standard InChI is InChI=1S/C18H16N4O2S/c1-23-14-9-8-12(10-15(14)24-2)11-16-21-22-17(19-20-18(22)25-16)13-6-4-3-5-7-13/h3-10H,11H2,1-2H3. The molecule has 0 aliphatic rings. The highest BCUT2D eigenvalue weighted by Crippen LogP contribution is 2.29. The van der Waals surface area contributed by atoms with E-state index in [4.69, 9.17) is 9.47 Å². The Morgan fingerprint density at radius 3 is 2.52 bits per heavy atom. The Bertz CT molecular complexity index is 1010. The van der Waals surface area contributed by atoms with Crippen LogP contribution in [0, 0.1) is 0 Å². The summed E-state index contributed by atoms with van der Waals surface area (Å²) in [5.41, 5.74) is 2.10. The molecule has 126 valence electrons. The molecule has 0 atom stereocenters. The highest BCUT2D eigenvalue weighted by molar-refractivity contribution is 7.16. The van der Waals surface area contributed by atoms with E-state index in [1.807, 2.05) is 48.5 Å². The van der Waals surface area contributed by atoms with Crippen LogP contribution in [0.3, 0.4) is 0 Å². The van der Waals surface area contributed by atoms with Gasteiger partial charge in [-0.25, -0.2) is 0 Å². The van der Waals surface area contributed by atoms with Crippen molar-refractivity contribution < 1.29 is 9.47 Å². The molecule has 2 aromatic carbocycles. The highest BCUT2D eigenvalue weighted by Gasteiger charge is 2.14. The van der Waals surface area contributed by atoms with Gasteiger partial charge in [-0.05, 0) is 17.7 Å². The van der Waals surface area contributed by atoms with Crippen molar-refractivity contribution >= 4 is 16.3 Å². The Balaban J connectivity index is 1.66. The fraction of sp³-hybridized carbons (Fsp3) is 0.167. The van der Waals surface area contributed by atoms with Crippen molar-refractivity contribution in [1.82, 2.24) is 19.8 Å². The van der Waals surface area contributed by atoms with Crippen LogP contribution in [-0.4, -0.2) is 34.0 Å². The summed E-state index contributed by atoms with van der Waals surface area (Å²) in [4.78, 5) is 0.786. The number of rotatable bonds is 5. The molecule has 7 heteroatoms. The van der Waals surface area contributed by atoms with E-state index in [9.17, 15) is 0 Å². The van der Waals surface area contributed by atoms with Gasteiger partial charge >= 0.3 is 0 Å². The Morgan fingerprint density at radius 2 is 1.76 bits per heavy atom. The Morgan fingerprint density at radius 1 is 0.960 bits per heavy atom. The van der Waals surface area contributed by atoms with E-state index in [0.717, 1.165) is 32.7 Å². The molecule has 4 aromatic rings. The maximum absolute atomic E-state index is 5.37. The summed E-state index contributed by atoms with van der Waals surface area (Å²) in [6, 6.07) is 15.8. The normalized spacial score (nSPS) is 11.0. The van der Waals surface area contributed by atoms with Crippen molar-refractivity contribution in [2.45, 2.75) is 6.42 Å². The van der Waals surface area contributed by atoms with Crippen LogP contribution in [0.2, 0.25) is 0 Å². The van der Waals surface area contributed by atoms with Gasteiger partial charge in [-0.2, -0.15) is 9.61 Å². The molecule has 0 spiro atoms. The first-order valence-electron chi connectivity index (χ1n) is 7.76. The molecule has 2 heterocycles. The Kier molecular flexibility index (Phi) is 4.07. The van der Waals surface area contributed by atoms with Gasteiger partial charge in [-0.1, -0.05) is 47.7 Å². The van der Waals surface area contributed by atoms with Crippen molar-refractivity contribution in [1.29, 1.82) is 0 Å². The van der Waals surface area contributed by atoms with Crippen LogP contribution < -0.4 is 9.47 Å². The third-order valence-electron chi connectivity index (χ3n) is 3.87. The summed E-state index contributed by atoms with van der Waals surface area (Å²) in [5, 5.41) is 14.1. The van der Waals surface area contributed by atoms with Crippen LogP contribution in [0.1, 0.15) is 10.6 Å². The minimum atomic E-state index is 0.697. The smallest absolute Gasteiger partial charge is 0.234 e. The summed E-state index contributed by atoms with van der Waals surface area (Å²) >= 11 is 1.54. The van der Waals surface area contributed by atoms with Crippen LogP contribution >= 0.6 is 11.3 Å². The molecule has 0 aliphatic heterocycles. The zero-order valence-electron chi connectivity index (χ0n) is 13.8. The average molecular weight is 352 g/mol. The van der Waals surface area contributed by atoms with Crippen LogP contribution in [0.4, 0.5) is 0 Å². The SMILES string of the molecule is COc1ccc(Cc2nn3c(-c4ccccc4)nnc3s2)cc1OC. The molecule has 0 radical (unpaired) electrons. The van der Waals surface area contributed by atoms with E-state index >= 15 is 0 Å². The first-order valence-corrected chi connectivity index (χ1v) is 8.57. The predicted octanol–water partition coefficient (Wildman–Crippen LogP) is 3.46. The van der Waals surface area contributed by atoms with Crippen molar-refractivity contribution in [3.63, 3.8) is 0 Å². The predicted molar refractivity (Wildman–Crippen MR) is 96.4 cm³/mol. The minimum Gasteiger partial charge on any atom is -0.493 e. The number of methoxy groups -OCH3 is 2. The number of fused-ring (bicyclic) bond motifs is 1. The van der Waals surface area contributed by atoms with Gasteiger partial charge in [-0.3, -0.25) is 0 Å². The molecule has 6 nitrogen and oxygen atoms in total. The molecule has 0 fully saturated rings. The van der Waals surface area contributed by atoms with Crippen molar-refractivity contribution in [3.8, 4) is 22.9 Å². The topological polar surface area (TPSA) is 61.5 Å². The van der Waals surface area contributed by atoms with Crippen LogP contribution in [0.5, 0.6) is 11.5 Å². The molecule has 0 N–H and O–H groups in total. The van der Waals surface area contributed by atoms with Gasteiger partial charge in [0.15, 0.2) is 17.3 Å². The Hall–Kier alpha value is -2.93. The number of ether oxygens (including phenoxy) is 2. The molecule has 0 aliphatic carbocycles. The van der Waals surface area contributed by atoms with Gasteiger partial charge in [0.25, 0.3) is 0 Å². The average Bonchev–Trinajstić information content (AvgIpc) is 3.22. The molecular weight excluding hydrogens is 336 g/mol. The Labute approximate surface area is 148 Å². The van der Waals surface area contributed by atoms with Crippen LogP contribution in [0.25, 0.3) is 16.3 Å². The lowest BCUT2D eigenvalue weighted by atomic mass is 10.1. The fourth-order valence-corrected chi connectivity index (χ4v) is 3.53. The third kappa shape index (κ3) is 2.94. The number of nitrogens with zero attached hydrogens (tertiary/aromatic N) is 4. The van der Waals surface area contributed by atoms with Gasteiger partial charge in [0, 0.05) is 12.0 Å². The largest absolute Gasteiger partial charge is 0.493 e. The summed E-state index contributed by atoms with van der Waals surface area (Å²) in [5.74, 6) is 2.19. The molecule has 2 aromatic heterocycles. The summed E-state index contributed by atoms with van der Waals surface area (Å²) < 4.78 is 12.4. The molecule has 25 heavy (non-hydrogen) atoms. The van der Waals surface area contributed by atoms with Crippen LogP contribution in [-0.2, 0) is 6.42 Å². The van der Waals surface area contributed by atoms with Crippen molar-refractivity contribution in [2.75, 3.05) is 14.2 Å². The summed E-state index contributed by atoms with van der Waals surface area (Å²) in [6.45, 7) is 0. The number of benzene rings is 2. The monoisotopic (exact) mass is 352 g/mol. The van der Waals surface area contributed by atoms with E-state index in [2.05, 4.69) is 15.3 Å². The second-order valence-corrected chi connectivity index (χ2v) is 6.49. The van der Waals surface area contributed by atoms with Gasteiger partial charge in [-0.15, -0.1) is 10.2 Å². The maximum Gasteiger partial charge on any atom is 0.234 e. The number of aromatic nitrogens is 4. The summed E-state index contributed by atoms with van der Waals surface area (Å²) in [7, 11) is 3.27. The molecule has 0 bridgehead atoms. The van der Waals surface area contributed by atoms with E-state index in [1.165, 1.54) is 11.3 Å². The lowest BCUT2D eigenvalue weighted by Gasteiger charge is -2.08. The molecule has 0 saturated carbocycles. The molecule has 0 saturated heterocycles. The van der Waals surface area contributed by atoms with Gasteiger partial charge in [0.05, 0.1) is 14.2 Å². The van der Waals surface area contributed by atoms with Gasteiger partial charge < -0.3 is 9.47 Å². The third-order valence-corrected chi connectivity index (χ3v) is 4.77.